The van der Waals surface area contributed by atoms with Gasteiger partial charge in [0.15, 0.2) is 5.75 Å². The third-order valence-electron chi connectivity index (χ3n) is 2.23. The lowest BCUT2D eigenvalue weighted by Crippen LogP contribution is -1.88. The third-order valence-corrected chi connectivity index (χ3v) is 3.27. The van der Waals surface area contributed by atoms with Crippen molar-refractivity contribution in [1.82, 2.24) is 9.97 Å². The number of aromatic hydroxyl groups is 2. The second-order valence-electron chi connectivity index (χ2n) is 3.51. The molecule has 0 unspecified atom stereocenters. The van der Waals surface area contributed by atoms with Crippen molar-refractivity contribution in [3.05, 3.63) is 36.2 Å². The molecule has 5 nitrogen and oxygen atoms in total. The molecule has 0 spiro atoms. The lowest BCUT2D eigenvalue weighted by molar-refractivity contribution is 0.387. The van der Waals surface area contributed by atoms with Crippen LogP contribution in [0.2, 0.25) is 0 Å². The number of ether oxygens (including phenoxy) is 1. The molecule has 18 heavy (non-hydrogen) atoms. The Kier molecular flexibility index (Phi) is 3.88. The molecule has 0 aromatic carbocycles. The van der Waals surface area contributed by atoms with Crippen molar-refractivity contribution in [2.24, 2.45) is 0 Å². The molecule has 0 saturated heterocycles. The van der Waals surface area contributed by atoms with Gasteiger partial charge in [-0.05, 0) is 5.56 Å². The van der Waals surface area contributed by atoms with Crippen LogP contribution in [0.5, 0.6) is 17.5 Å². The summed E-state index contributed by atoms with van der Waals surface area (Å²) in [5, 5.41) is 18.4. The van der Waals surface area contributed by atoms with Crippen LogP contribution in [-0.2, 0) is 5.75 Å². The van der Waals surface area contributed by atoms with E-state index >= 15 is 0 Å². The quantitative estimate of drug-likeness (QED) is 0.824. The molecular weight excluding hydrogens is 252 g/mol. The second-order valence-corrected chi connectivity index (χ2v) is 4.56. The largest absolute Gasteiger partial charge is 0.503 e. The predicted molar refractivity (Wildman–Crippen MR) is 67.9 cm³/mol. The van der Waals surface area contributed by atoms with E-state index < -0.39 is 0 Å². The first-order valence-electron chi connectivity index (χ1n) is 5.18. The topological polar surface area (TPSA) is 75.5 Å². The molecule has 0 amide bonds. The van der Waals surface area contributed by atoms with Crippen molar-refractivity contribution in [3.63, 3.8) is 0 Å². The van der Waals surface area contributed by atoms with E-state index in [4.69, 9.17) is 9.84 Å². The minimum Gasteiger partial charge on any atom is -0.503 e. The van der Waals surface area contributed by atoms with E-state index in [0.717, 1.165) is 10.5 Å². The Bertz CT molecular complexity index is 531. The number of hydrogen-bond donors (Lipinski definition) is 2. The average Bonchev–Trinajstić information content (AvgIpc) is 2.41. The van der Waals surface area contributed by atoms with Crippen molar-refractivity contribution in [2.75, 3.05) is 7.11 Å². The Balaban J connectivity index is 1.99. The van der Waals surface area contributed by atoms with Crippen molar-refractivity contribution in [2.45, 2.75) is 10.6 Å². The van der Waals surface area contributed by atoms with Gasteiger partial charge in [0.05, 0.1) is 7.11 Å². The highest BCUT2D eigenvalue weighted by Crippen LogP contribution is 2.29. The van der Waals surface area contributed by atoms with E-state index in [-0.39, 0.29) is 11.6 Å². The van der Waals surface area contributed by atoms with Crippen molar-refractivity contribution < 1.29 is 14.9 Å². The molecular formula is C12H12N2O3S. The maximum atomic E-state index is 9.31. The van der Waals surface area contributed by atoms with Crippen LogP contribution in [0.1, 0.15) is 5.56 Å². The number of rotatable bonds is 4. The Morgan fingerprint density at radius 1 is 1.22 bits per heavy atom. The van der Waals surface area contributed by atoms with Crippen LogP contribution in [0.4, 0.5) is 0 Å². The fourth-order valence-corrected chi connectivity index (χ4v) is 2.12. The lowest BCUT2D eigenvalue weighted by Gasteiger charge is -2.04. The number of methoxy groups -OCH3 is 1. The zero-order chi connectivity index (χ0) is 13.0. The smallest absolute Gasteiger partial charge is 0.254 e. The van der Waals surface area contributed by atoms with Crippen LogP contribution >= 0.6 is 11.8 Å². The van der Waals surface area contributed by atoms with E-state index in [1.807, 2.05) is 6.07 Å². The molecule has 94 valence electrons. The number of pyridine rings is 2. The van der Waals surface area contributed by atoms with E-state index in [9.17, 15) is 5.11 Å². The van der Waals surface area contributed by atoms with Gasteiger partial charge in [0.25, 0.3) is 5.88 Å². The molecule has 0 aliphatic rings. The van der Waals surface area contributed by atoms with Gasteiger partial charge in [0.1, 0.15) is 0 Å². The van der Waals surface area contributed by atoms with Crippen molar-refractivity contribution in [1.29, 1.82) is 0 Å². The van der Waals surface area contributed by atoms with Crippen LogP contribution in [0.25, 0.3) is 0 Å². The molecule has 0 atom stereocenters. The summed E-state index contributed by atoms with van der Waals surface area (Å²) in [5.74, 6) is 0.703. The monoisotopic (exact) mass is 264 g/mol. The number of thioether (sulfide) groups is 1. The SMILES string of the molecule is COc1ccc(CSc2cnc(O)c(O)c2)cn1. The van der Waals surface area contributed by atoms with E-state index in [0.29, 0.717) is 11.6 Å². The maximum absolute atomic E-state index is 9.31. The number of aromatic nitrogens is 2. The van der Waals surface area contributed by atoms with Gasteiger partial charge >= 0.3 is 0 Å². The molecule has 0 aliphatic heterocycles. The fraction of sp³-hybridized carbons (Fsp3) is 0.167. The molecule has 2 aromatic rings. The van der Waals surface area contributed by atoms with Crippen molar-refractivity contribution in [3.8, 4) is 17.5 Å². The molecule has 2 N–H and O–H groups in total. The summed E-state index contributed by atoms with van der Waals surface area (Å²) in [5.41, 5.74) is 1.04. The van der Waals surface area contributed by atoms with Crippen molar-refractivity contribution >= 4 is 11.8 Å². The van der Waals surface area contributed by atoms with Crippen LogP contribution < -0.4 is 4.74 Å². The zero-order valence-electron chi connectivity index (χ0n) is 9.70. The number of hydrogen-bond acceptors (Lipinski definition) is 6. The van der Waals surface area contributed by atoms with Crippen LogP contribution in [0.15, 0.2) is 35.5 Å². The van der Waals surface area contributed by atoms with E-state index in [1.165, 1.54) is 24.0 Å². The minimum absolute atomic E-state index is 0.215. The highest BCUT2D eigenvalue weighted by Gasteiger charge is 2.03. The fourth-order valence-electron chi connectivity index (χ4n) is 1.29. The van der Waals surface area contributed by atoms with Gasteiger partial charge in [-0.1, -0.05) is 6.07 Å². The first-order chi connectivity index (χ1) is 8.69. The molecule has 0 fully saturated rings. The first kappa shape index (κ1) is 12.5. The van der Waals surface area contributed by atoms with Gasteiger partial charge in [-0.25, -0.2) is 9.97 Å². The highest BCUT2D eigenvalue weighted by atomic mass is 32.2. The van der Waals surface area contributed by atoms with Gasteiger partial charge in [-0.2, -0.15) is 0 Å². The Morgan fingerprint density at radius 3 is 2.67 bits per heavy atom. The van der Waals surface area contributed by atoms with E-state index in [1.54, 1.807) is 19.4 Å². The molecule has 0 bridgehead atoms. The standard InChI is InChI=1S/C12H12N2O3S/c1-17-11-3-2-8(5-13-11)7-18-9-4-10(15)12(16)14-6-9/h2-6,15H,7H2,1H3,(H,14,16). The maximum Gasteiger partial charge on any atom is 0.254 e. The Labute approximate surface area is 108 Å². The summed E-state index contributed by atoms with van der Waals surface area (Å²) in [4.78, 5) is 8.55. The minimum atomic E-state index is -0.356. The van der Waals surface area contributed by atoms with Gasteiger partial charge in [0, 0.05) is 35.2 Å². The molecule has 2 heterocycles. The molecule has 0 saturated carbocycles. The average molecular weight is 264 g/mol. The molecule has 2 rings (SSSR count). The van der Waals surface area contributed by atoms with Crippen LogP contribution in [0.3, 0.4) is 0 Å². The normalized spacial score (nSPS) is 10.3. The Morgan fingerprint density at radius 2 is 2.06 bits per heavy atom. The Hall–Kier alpha value is -1.95. The summed E-state index contributed by atoms with van der Waals surface area (Å²) in [6, 6.07) is 5.19. The van der Waals surface area contributed by atoms with Crippen LogP contribution in [-0.4, -0.2) is 27.3 Å². The summed E-state index contributed by atoms with van der Waals surface area (Å²) >= 11 is 1.50. The second kappa shape index (κ2) is 5.59. The summed E-state index contributed by atoms with van der Waals surface area (Å²) in [6.45, 7) is 0. The van der Waals surface area contributed by atoms with Crippen LogP contribution in [0, 0.1) is 0 Å². The van der Waals surface area contributed by atoms with Gasteiger partial charge < -0.3 is 14.9 Å². The summed E-state index contributed by atoms with van der Waals surface area (Å²) in [7, 11) is 1.57. The highest BCUT2D eigenvalue weighted by molar-refractivity contribution is 7.98. The molecule has 2 aromatic heterocycles. The third kappa shape index (κ3) is 3.04. The summed E-state index contributed by atoms with van der Waals surface area (Å²) < 4.78 is 4.97. The molecule has 0 radical (unpaired) electrons. The molecule has 0 aliphatic carbocycles. The van der Waals surface area contributed by atoms with E-state index in [2.05, 4.69) is 9.97 Å². The summed E-state index contributed by atoms with van der Waals surface area (Å²) in [6.07, 6.45) is 3.25. The first-order valence-corrected chi connectivity index (χ1v) is 6.17. The van der Waals surface area contributed by atoms with Gasteiger partial charge in [0.2, 0.25) is 5.88 Å². The molecule has 6 heteroatoms. The zero-order valence-corrected chi connectivity index (χ0v) is 10.5. The lowest BCUT2D eigenvalue weighted by atomic mass is 10.3. The van der Waals surface area contributed by atoms with Gasteiger partial charge in [-0.15, -0.1) is 11.8 Å². The predicted octanol–water partition coefficient (Wildman–Crippen LogP) is 2.19. The number of nitrogens with zero attached hydrogens (tertiary/aromatic N) is 2. The van der Waals surface area contributed by atoms with Gasteiger partial charge in [-0.3, -0.25) is 0 Å².